The van der Waals surface area contributed by atoms with Crippen LogP contribution >= 0.6 is 0 Å². The van der Waals surface area contributed by atoms with Gasteiger partial charge in [0, 0.05) is 6.08 Å². The summed E-state index contributed by atoms with van der Waals surface area (Å²) in [4.78, 5) is 10.8. The van der Waals surface area contributed by atoms with Crippen LogP contribution in [0.25, 0.3) is 0 Å². The molecular formula is C8H14O6S. The molecule has 0 aromatic rings. The first-order valence-corrected chi connectivity index (χ1v) is 5.46. The number of carbonyl (C=O) groups excluding carboxylic acids is 1. The Morgan fingerprint density at radius 1 is 1.53 bits per heavy atom. The van der Waals surface area contributed by atoms with Gasteiger partial charge in [0.2, 0.25) is 0 Å². The van der Waals surface area contributed by atoms with Crippen molar-refractivity contribution in [3.05, 3.63) is 12.7 Å². The predicted molar refractivity (Wildman–Crippen MR) is 52.5 cm³/mol. The largest absolute Gasteiger partial charge is 0.456 e. The van der Waals surface area contributed by atoms with Crippen LogP contribution in [0.5, 0.6) is 0 Å². The zero-order valence-corrected chi connectivity index (χ0v) is 9.58. The zero-order chi connectivity index (χ0) is 12.3. The maximum absolute atomic E-state index is 10.8. The van der Waals surface area contributed by atoms with E-state index in [-0.39, 0.29) is 0 Å². The molecule has 7 heteroatoms. The topological polar surface area (TPSA) is 89.9 Å². The van der Waals surface area contributed by atoms with Gasteiger partial charge in [-0.3, -0.25) is 4.55 Å². The molecule has 0 rings (SSSR count). The summed E-state index contributed by atoms with van der Waals surface area (Å²) in [5, 5.41) is 0. The van der Waals surface area contributed by atoms with E-state index in [1.807, 2.05) is 0 Å². The smallest absolute Gasteiger partial charge is 0.398 e. The lowest BCUT2D eigenvalue weighted by molar-refractivity contribution is -0.151. The quantitative estimate of drug-likeness (QED) is 0.431. The fourth-order valence-electron chi connectivity index (χ4n) is 0.703. The van der Waals surface area contributed by atoms with Crippen LogP contribution in [-0.4, -0.2) is 30.6 Å². The van der Waals surface area contributed by atoms with Crippen molar-refractivity contribution in [3.63, 3.8) is 0 Å². The number of carbonyl (C=O) groups is 1. The minimum Gasteiger partial charge on any atom is -0.456 e. The molecule has 0 bridgehead atoms. The third-order valence-corrected chi connectivity index (χ3v) is 2.40. The average Bonchev–Trinajstić information content (AvgIpc) is 1.99. The Balaban J connectivity index is 4.58. The summed E-state index contributed by atoms with van der Waals surface area (Å²) >= 11 is 0. The second kappa shape index (κ2) is 4.73. The lowest BCUT2D eigenvalue weighted by Crippen LogP contribution is -2.41. The lowest BCUT2D eigenvalue weighted by atomic mass is 10.0. The van der Waals surface area contributed by atoms with Crippen LogP contribution in [0.1, 0.15) is 20.8 Å². The van der Waals surface area contributed by atoms with E-state index in [4.69, 9.17) is 9.29 Å². The van der Waals surface area contributed by atoms with Gasteiger partial charge in [-0.05, 0) is 20.8 Å². The third kappa shape index (κ3) is 5.50. The average molecular weight is 238 g/mol. The lowest BCUT2D eigenvalue weighted by Gasteiger charge is -2.28. The Kier molecular flexibility index (Phi) is 4.44. The first kappa shape index (κ1) is 14.1. The van der Waals surface area contributed by atoms with Crippen molar-refractivity contribution in [2.45, 2.75) is 32.5 Å². The van der Waals surface area contributed by atoms with Crippen LogP contribution in [0.3, 0.4) is 0 Å². The van der Waals surface area contributed by atoms with Crippen LogP contribution in [-0.2, 0) is 24.1 Å². The van der Waals surface area contributed by atoms with E-state index in [0.29, 0.717) is 0 Å². The van der Waals surface area contributed by atoms with Crippen LogP contribution in [0.4, 0.5) is 0 Å². The van der Waals surface area contributed by atoms with Gasteiger partial charge in [0.1, 0.15) is 11.7 Å². The van der Waals surface area contributed by atoms with Crippen molar-refractivity contribution in [2.24, 2.45) is 0 Å². The van der Waals surface area contributed by atoms with E-state index < -0.39 is 28.1 Å². The Hall–Kier alpha value is -0.920. The molecule has 0 spiro atoms. The Morgan fingerprint density at radius 3 is 2.33 bits per heavy atom. The number of hydrogen-bond acceptors (Lipinski definition) is 5. The van der Waals surface area contributed by atoms with Gasteiger partial charge in [0.15, 0.2) is 0 Å². The van der Waals surface area contributed by atoms with E-state index in [1.165, 1.54) is 20.8 Å². The highest BCUT2D eigenvalue weighted by atomic mass is 32.3. The second-order valence-electron chi connectivity index (χ2n) is 3.40. The van der Waals surface area contributed by atoms with E-state index in [9.17, 15) is 13.2 Å². The summed E-state index contributed by atoms with van der Waals surface area (Å²) in [6.07, 6.45) is 0.0879. The van der Waals surface area contributed by atoms with Gasteiger partial charge in [-0.25, -0.2) is 8.98 Å². The maximum atomic E-state index is 10.8. The summed E-state index contributed by atoms with van der Waals surface area (Å²) < 4.78 is 38.5. The zero-order valence-electron chi connectivity index (χ0n) is 8.76. The molecule has 0 aromatic carbocycles. The van der Waals surface area contributed by atoms with Crippen molar-refractivity contribution in [1.82, 2.24) is 0 Å². The SMILES string of the molecule is C=CC(=O)OC(C)C(C)(C)OS(=O)(=O)O. The van der Waals surface area contributed by atoms with E-state index in [1.54, 1.807) is 0 Å². The molecule has 0 aliphatic rings. The highest BCUT2D eigenvalue weighted by Gasteiger charge is 2.34. The maximum Gasteiger partial charge on any atom is 0.398 e. The molecule has 1 atom stereocenters. The van der Waals surface area contributed by atoms with Crippen molar-refractivity contribution in [2.75, 3.05) is 0 Å². The summed E-state index contributed by atoms with van der Waals surface area (Å²) in [5.74, 6) is -0.700. The van der Waals surface area contributed by atoms with Gasteiger partial charge in [-0.15, -0.1) is 0 Å². The van der Waals surface area contributed by atoms with Gasteiger partial charge in [0.25, 0.3) is 0 Å². The van der Waals surface area contributed by atoms with Crippen molar-refractivity contribution >= 4 is 16.4 Å². The molecule has 0 heterocycles. The van der Waals surface area contributed by atoms with Crippen LogP contribution in [0.2, 0.25) is 0 Å². The van der Waals surface area contributed by atoms with Gasteiger partial charge in [-0.2, -0.15) is 8.42 Å². The molecule has 6 nitrogen and oxygen atoms in total. The Morgan fingerprint density at radius 2 is 2.00 bits per heavy atom. The number of ether oxygens (including phenoxy) is 1. The normalized spacial score (nSPS) is 14.4. The monoisotopic (exact) mass is 238 g/mol. The molecule has 15 heavy (non-hydrogen) atoms. The van der Waals surface area contributed by atoms with E-state index in [2.05, 4.69) is 10.8 Å². The van der Waals surface area contributed by atoms with E-state index >= 15 is 0 Å². The van der Waals surface area contributed by atoms with Gasteiger partial charge in [0.05, 0.1) is 0 Å². The molecule has 0 saturated heterocycles. The highest BCUT2D eigenvalue weighted by molar-refractivity contribution is 7.80. The fourth-order valence-corrected chi connectivity index (χ4v) is 1.38. The minimum absolute atomic E-state index is 0.700. The Labute approximate surface area is 88.8 Å². The first-order valence-electron chi connectivity index (χ1n) is 4.09. The third-order valence-electron chi connectivity index (χ3n) is 1.76. The molecule has 0 radical (unpaired) electrons. The molecule has 88 valence electrons. The molecule has 0 aliphatic heterocycles. The molecule has 0 saturated carbocycles. The summed E-state index contributed by atoms with van der Waals surface area (Å²) in [6.45, 7) is 7.35. The highest BCUT2D eigenvalue weighted by Crippen LogP contribution is 2.20. The molecule has 1 N–H and O–H groups in total. The molecule has 0 fully saturated rings. The minimum atomic E-state index is -4.59. The van der Waals surface area contributed by atoms with Crippen LogP contribution < -0.4 is 0 Å². The molecular weight excluding hydrogens is 224 g/mol. The van der Waals surface area contributed by atoms with Gasteiger partial charge < -0.3 is 4.74 Å². The van der Waals surface area contributed by atoms with Crippen LogP contribution in [0, 0.1) is 0 Å². The van der Waals surface area contributed by atoms with Crippen molar-refractivity contribution in [1.29, 1.82) is 0 Å². The number of hydrogen-bond donors (Lipinski definition) is 1. The van der Waals surface area contributed by atoms with E-state index in [0.717, 1.165) is 6.08 Å². The van der Waals surface area contributed by atoms with Gasteiger partial charge >= 0.3 is 16.4 Å². The molecule has 0 amide bonds. The van der Waals surface area contributed by atoms with Crippen LogP contribution in [0.15, 0.2) is 12.7 Å². The fraction of sp³-hybridized carbons (Fsp3) is 0.625. The number of rotatable bonds is 5. The summed E-state index contributed by atoms with van der Waals surface area (Å²) in [6, 6.07) is 0. The van der Waals surface area contributed by atoms with Crippen molar-refractivity contribution in [3.8, 4) is 0 Å². The summed E-state index contributed by atoms with van der Waals surface area (Å²) in [5.41, 5.74) is -1.35. The summed E-state index contributed by atoms with van der Waals surface area (Å²) in [7, 11) is -4.59. The molecule has 1 unspecified atom stereocenters. The standard InChI is InChI=1S/C8H14O6S/c1-5-7(9)13-6(2)8(3,4)14-15(10,11)12/h5-6H,1H2,2-4H3,(H,10,11,12). The second-order valence-corrected chi connectivity index (χ2v) is 4.42. The number of esters is 1. The van der Waals surface area contributed by atoms with Gasteiger partial charge in [-0.1, -0.05) is 6.58 Å². The first-order chi connectivity index (χ1) is 6.58. The predicted octanol–water partition coefficient (Wildman–Crippen LogP) is 0.702. The molecule has 0 aliphatic carbocycles. The Bertz CT molecular complexity index is 342. The van der Waals surface area contributed by atoms with Crippen molar-refractivity contribution < 1.29 is 26.7 Å². The molecule has 0 aromatic heterocycles.